The maximum Gasteiger partial charge on any atom is 0.317 e. The average Bonchev–Trinajstić information content (AvgIpc) is 3.02. The summed E-state index contributed by atoms with van der Waals surface area (Å²) < 4.78 is 2.09. The van der Waals surface area contributed by atoms with Gasteiger partial charge in [0.2, 0.25) is 0 Å². The lowest BCUT2D eigenvalue weighted by Gasteiger charge is -2.31. The molecule has 2 aromatic carbocycles. The van der Waals surface area contributed by atoms with Crippen molar-refractivity contribution in [3.8, 4) is 0 Å². The molecule has 3 rings (SSSR count). The number of aryl methyl sites for hydroxylation is 1. The largest absolute Gasteiger partial charge is 0.338 e. The predicted octanol–water partition coefficient (Wildman–Crippen LogP) is 3.06. The van der Waals surface area contributed by atoms with E-state index in [0.29, 0.717) is 13.0 Å². The average molecular weight is 380 g/mol. The van der Waals surface area contributed by atoms with E-state index in [1.165, 1.54) is 0 Å². The topological polar surface area (TPSA) is 53.4 Å². The Morgan fingerprint density at radius 3 is 2.43 bits per heavy atom. The third-order valence-electron chi connectivity index (χ3n) is 5.01. The van der Waals surface area contributed by atoms with E-state index >= 15 is 0 Å². The summed E-state index contributed by atoms with van der Waals surface area (Å²) in [5.41, 5.74) is 3.22. The van der Waals surface area contributed by atoms with Gasteiger partial charge in [0.25, 0.3) is 0 Å². The van der Waals surface area contributed by atoms with Gasteiger partial charge in [-0.1, -0.05) is 42.5 Å². The molecule has 1 heterocycles. The molecule has 0 saturated heterocycles. The van der Waals surface area contributed by atoms with Crippen LogP contribution in [0.3, 0.4) is 0 Å². The summed E-state index contributed by atoms with van der Waals surface area (Å²) in [4.78, 5) is 21.3. The number of fused-ring (bicyclic) bond motifs is 1. The number of nitrogens with zero attached hydrogens (tertiary/aromatic N) is 4. The van der Waals surface area contributed by atoms with Gasteiger partial charge in [0, 0.05) is 33.6 Å². The Morgan fingerprint density at radius 1 is 1.07 bits per heavy atom. The molecule has 0 aliphatic carbocycles. The highest BCUT2D eigenvalue weighted by Crippen LogP contribution is 2.20. The van der Waals surface area contributed by atoms with Crippen LogP contribution in [0.25, 0.3) is 11.0 Å². The van der Waals surface area contributed by atoms with Crippen LogP contribution >= 0.6 is 0 Å². The fourth-order valence-electron chi connectivity index (χ4n) is 3.44. The molecule has 0 fully saturated rings. The molecule has 0 aliphatic rings. The SMILES string of the molecule is CN(C)CC(c1ccccc1)N(C)C(=O)NCCc1nc2ccccc2n1C. The molecule has 0 saturated carbocycles. The first kappa shape index (κ1) is 19.9. The van der Waals surface area contributed by atoms with Crippen LogP contribution in [-0.4, -0.2) is 59.6 Å². The zero-order valence-electron chi connectivity index (χ0n) is 17.1. The van der Waals surface area contributed by atoms with Gasteiger partial charge in [-0.2, -0.15) is 0 Å². The lowest BCUT2D eigenvalue weighted by molar-refractivity contribution is 0.176. The molecule has 6 nitrogen and oxygen atoms in total. The second kappa shape index (κ2) is 8.89. The number of para-hydroxylation sites is 2. The molecule has 1 unspecified atom stereocenters. The molecule has 2 amide bonds. The first-order valence-electron chi connectivity index (χ1n) is 9.58. The van der Waals surface area contributed by atoms with Gasteiger partial charge < -0.3 is 19.7 Å². The van der Waals surface area contributed by atoms with Crippen molar-refractivity contribution >= 4 is 17.1 Å². The summed E-state index contributed by atoms with van der Waals surface area (Å²) >= 11 is 0. The summed E-state index contributed by atoms with van der Waals surface area (Å²) in [7, 11) is 7.91. The van der Waals surface area contributed by atoms with Crippen molar-refractivity contribution in [1.82, 2.24) is 24.7 Å². The van der Waals surface area contributed by atoms with E-state index in [0.717, 1.165) is 29.0 Å². The minimum atomic E-state index is -0.0746. The maximum absolute atomic E-state index is 12.8. The minimum absolute atomic E-state index is 0.00745. The predicted molar refractivity (Wildman–Crippen MR) is 113 cm³/mol. The maximum atomic E-state index is 12.8. The Bertz CT molecular complexity index is 919. The molecule has 3 aromatic rings. The van der Waals surface area contributed by atoms with Crippen molar-refractivity contribution in [3.63, 3.8) is 0 Å². The van der Waals surface area contributed by atoms with Gasteiger partial charge >= 0.3 is 6.03 Å². The molecule has 1 N–H and O–H groups in total. The summed E-state index contributed by atoms with van der Waals surface area (Å²) in [5.74, 6) is 0.969. The van der Waals surface area contributed by atoms with Crippen molar-refractivity contribution in [3.05, 3.63) is 66.0 Å². The van der Waals surface area contributed by atoms with Crippen molar-refractivity contribution in [2.45, 2.75) is 12.5 Å². The molecule has 6 heteroatoms. The molecule has 1 atom stereocenters. The lowest BCUT2D eigenvalue weighted by Crippen LogP contribution is -2.43. The Hall–Kier alpha value is -2.86. The van der Waals surface area contributed by atoms with Gasteiger partial charge in [-0.05, 0) is 31.8 Å². The summed E-state index contributed by atoms with van der Waals surface area (Å²) in [6.45, 7) is 1.31. The number of carbonyl (C=O) groups is 1. The van der Waals surface area contributed by atoms with Gasteiger partial charge in [0.05, 0.1) is 17.1 Å². The van der Waals surface area contributed by atoms with Crippen LogP contribution in [-0.2, 0) is 13.5 Å². The van der Waals surface area contributed by atoms with Crippen LogP contribution in [0.1, 0.15) is 17.4 Å². The van der Waals surface area contributed by atoms with Crippen LogP contribution in [0.5, 0.6) is 0 Å². The second-order valence-corrected chi connectivity index (χ2v) is 7.36. The van der Waals surface area contributed by atoms with Gasteiger partial charge in [-0.3, -0.25) is 0 Å². The fourth-order valence-corrected chi connectivity index (χ4v) is 3.44. The Morgan fingerprint density at radius 2 is 1.75 bits per heavy atom. The van der Waals surface area contributed by atoms with E-state index in [2.05, 4.69) is 38.0 Å². The number of aromatic nitrogens is 2. The zero-order chi connectivity index (χ0) is 20.1. The monoisotopic (exact) mass is 379 g/mol. The number of amides is 2. The van der Waals surface area contributed by atoms with Crippen molar-refractivity contribution in [2.75, 3.05) is 34.2 Å². The zero-order valence-corrected chi connectivity index (χ0v) is 17.1. The molecule has 148 valence electrons. The summed E-state index contributed by atoms with van der Waals surface area (Å²) in [6.07, 6.45) is 0.689. The molecule has 0 spiro atoms. The van der Waals surface area contributed by atoms with Gasteiger partial charge in [-0.15, -0.1) is 0 Å². The second-order valence-electron chi connectivity index (χ2n) is 7.36. The van der Waals surface area contributed by atoms with Crippen molar-refractivity contribution in [1.29, 1.82) is 0 Å². The number of hydrogen-bond donors (Lipinski definition) is 1. The summed E-state index contributed by atoms with van der Waals surface area (Å²) in [5, 5.41) is 3.04. The van der Waals surface area contributed by atoms with Gasteiger partial charge in [0.15, 0.2) is 0 Å². The molecular formula is C22H29N5O. The number of urea groups is 1. The van der Waals surface area contributed by atoms with E-state index in [4.69, 9.17) is 0 Å². The smallest absolute Gasteiger partial charge is 0.317 e. The van der Waals surface area contributed by atoms with Crippen LogP contribution in [0, 0.1) is 0 Å². The van der Waals surface area contributed by atoms with Gasteiger partial charge in [0.1, 0.15) is 5.82 Å². The molecule has 0 radical (unpaired) electrons. The lowest BCUT2D eigenvalue weighted by atomic mass is 10.1. The molecular weight excluding hydrogens is 350 g/mol. The van der Waals surface area contributed by atoms with Gasteiger partial charge in [-0.25, -0.2) is 9.78 Å². The van der Waals surface area contributed by atoms with Crippen LogP contribution in [0.4, 0.5) is 4.79 Å². The first-order chi connectivity index (χ1) is 13.5. The number of rotatable bonds is 7. The van der Waals surface area contributed by atoms with Crippen LogP contribution in [0.2, 0.25) is 0 Å². The Labute approximate surface area is 166 Å². The van der Waals surface area contributed by atoms with Crippen LogP contribution < -0.4 is 5.32 Å². The minimum Gasteiger partial charge on any atom is -0.338 e. The molecule has 1 aromatic heterocycles. The highest BCUT2D eigenvalue weighted by molar-refractivity contribution is 5.76. The number of likely N-dealkylation sites (N-methyl/N-ethyl adjacent to an activating group) is 2. The number of nitrogens with one attached hydrogen (secondary N) is 1. The molecule has 0 aliphatic heterocycles. The quantitative estimate of drug-likeness (QED) is 0.686. The standard InChI is InChI=1S/C22H29N5O/c1-25(2)16-20(17-10-6-5-7-11-17)27(4)22(28)23-15-14-21-24-18-12-8-9-13-19(18)26(21)3/h5-13,20H,14-16H2,1-4H3,(H,23,28). The van der Waals surface area contributed by atoms with E-state index in [-0.39, 0.29) is 12.1 Å². The molecule has 28 heavy (non-hydrogen) atoms. The van der Waals surface area contributed by atoms with Crippen molar-refractivity contribution in [2.24, 2.45) is 7.05 Å². The van der Waals surface area contributed by atoms with E-state index in [1.54, 1.807) is 4.90 Å². The van der Waals surface area contributed by atoms with Crippen LogP contribution in [0.15, 0.2) is 54.6 Å². The van der Waals surface area contributed by atoms with E-state index in [1.807, 2.05) is 64.6 Å². The third kappa shape index (κ3) is 4.51. The highest BCUT2D eigenvalue weighted by Gasteiger charge is 2.22. The number of benzene rings is 2. The van der Waals surface area contributed by atoms with E-state index < -0.39 is 0 Å². The third-order valence-corrected chi connectivity index (χ3v) is 5.01. The van der Waals surface area contributed by atoms with Crippen molar-refractivity contribution < 1.29 is 4.79 Å². The Balaban J connectivity index is 1.63. The highest BCUT2D eigenvalue weighted by atomic mass is 16.2. The fraction of sp³-hybridized carbons (Fsp3) is 0.364. The molecule has 0 bridgehead atoms. The normalized spacial score (nSPS) is 12.3. The Kier molecular flexibility index (Phi) is 6.31. The van der Waals surface area contributed by atoms with E-state index in [9.17, 15) is 4.79 Å². The summed E-state index contributed by atoms with van der Waals surface area (Å²) in [6, 6.07) is 18.1. The number of imidazole rings is 1. The number of hydrogen-bond acceptors (Lipinski definition) is 3. The number of carbonyl (C=O) groups excluding carboxylic acids is 1. The first-order valence-corrected chi connectivity index (χ1v) is 9.58.